The van der Waals surface area contributed by atoms with Crippen LogP contribution in [0, 0.1) is 6.92 Å². The minimum absolute atomic E-state index is 0.0904. The lowest BCUT2D eigenvalue weighted by molar-refractivity contribution is -0.192. The van der Waals surface area contributed by atoms with Gasteiger partial charge in [0.15, 0.2) is 0 Å². The van der Waals surface area contributed by atoms with E-state index in [0.29, 0.717) is 16.8 Å². The summed E-state index contributed by atoms with van der Waals surface area (Å²) < 4.78 is 59.4. The minimum Gasteiger partial charge on any atom is -0.475 e. The Bertz CT molecular complexity index is 1190. The van der Waals surface area contributed by atoms with E-state index in [1.807, 2.05) is 19.1 Å². The zero-order valence-electron chi connectivity index (χ0n) is 17.9. The maximum absolute atomic E-state index is 12.6. The number of sulfonamides is 1. The number of aliphatic carboxylic acids is 1. The number of hydrogen-bond donors (Lipinski definition) is 3. The van der Waals surface area contributed by atoms with Crippen LogP contribution in [0.1, 0.15) is 36.8 Å². The number of amides is 1. The summed E-state index contributed by atoms with van der Waals surface area (Å²) in [6, 6.07) is 12.0. The Balaban J connectivity index is 0.000000406. The van der Waals surface area contributed by atoms with Crippen LogP contribution in [0.15, 0.2) is 47.4 Å². The van der Waals surface area contributed by atoms with Gasteiger partial charge in [-0.15, -0.1) is 0 Å². The van der Waals surface area contributed by atoms with Crippen LogP contribution in [0.2, 0.25) is 5.02 Å². The van der Waals surface area contributed by atoms with Crippen LogP contribution in [0.3, 0.4) is 0 Å². The van der Waals surface area contributed by atoms with Crippen LogP contribution >= 0.6 is 11.6 Å². The fraction of sp³-hybridized carbons (Fsp3) is 0.364. The zero-order chi connectivity index (χ0) is 25.3. The molecule has 0 spiro atoms. The minimum atomic E-state index is -5.08. The van der Waals surface area contributed by atoms with Crippen molar-refractivity contribution >= 4 is 39.2 Å². The van der Waals surface area contributed by atoms with Crippen LogP contribution in [0.4, 0.5) is 18.9 Å². The second-order valence-corrected chi connectivity index (χ2v) is 10.3. The number of carboxylic acid groups (broad SMARTS) is 1. The van der Waals surface area contributed by atoms with Gasteiger partial charge in [-0.2, -0.15) is 13.2 Å². The predicted octanol–water partition coefficient (Wildman–Crippen LogP) is 4.39. The molecule has 0 bridgehead atoms. The third kappa shape index (κ3) is 6.20. The van der Waals surface area contributed by atoms with Crippen molar-refractivity contribution in [2.24, 2.45) is 0 Å². The van der Waals surface area contributed by atoms with Crippen LogP contribution < -0.4 is 10.0 Å². The van der Waals surface area contributed by atoms with Gasteiger partial charge in [0.2, 0.25) is 5.91 Å². The zero-order valence-corrected chi connectivity index (χ0v) is 19.5. The highest BCUT2D eigenvalue weighted by atomic mass is 35.5. The summed E-state index contributed by atoms with van der Waals surface area (Å²) in [4.78, 5) is 21.5. The number of alkyl halides is 3. The molecule has 184 valence electrons. The number of benzene rings is 2. The van der Waals surface area contributed by atoms with E-state index in [1.165, 1.54) is 12.1 Å². The third-order valence-corrected chi connectivity index (χ3v) is 7.27. The predicted molar refractivity (Wildman–Crippen MR) is 119 cm³/mol. The van der Waals surface area contributed by atoms with E-state index in [2.05, 4.69) is 10.0 Å². The largest absolute Gasteiger partial charge is 0.490 e. The van der Waals surface area contributed by atoms with E-state index >= 15 is 0 Å². The lowest BCUT2D eigenvalue weighted by Crippen LogP contribution is -2.36. The number of carbonyl (C=O) groups excluding carboxylic acids is 1. The Labute approximate surface area is 199 Å². The Hall–Kier alpha value is -2.79. The lowest BCUT2D eigenvalue weighted by Gasteiger charge is -2.16. The molecule has 2 fully saturated rings. The van der Waals surface area contributed by atoms with E-state index in [0.717, 1.165) is 36.8 Å². The molecule has 3 N–H and O–H groups in total. The molecule has 0 aliphatic heterocycles. The third-order valence-electron chi connectivity index (χ3n) is 5.48. The van der Waals surface area contributed by atoms with E-state index < -0.39 is 27.6 Å². The van der Waals surface area contributed by atoms with Crippen LogP contribution in [-0.4, -0.2) is 37.6 Å². The molecule has 0 aromatic heterocycles. The van der Waals surface area contributed by atoms with Gasteiger partial charge in [-0.05, 0) is 68.0 Å². The van der Waals surface area contributed by atoms with E-state index in [-0.39, 0.29) is 10.8 Å². The molecule has 2 saturated carbocycles. The Morgan fingerprint density at radius 3 is 2.09 bits per heavy atom. The van der Waals surface area contributed by atoms with Gasteiger partial charge >= 0.3 is 12.1 Å². The molecule has 2 aromatic carbocycles. The first-order valence-electron chi connectivity index (χ1n) is 10.3. The number of carboxylic acids is 1. The van der Waals surface area contributed by atoms with Crippen LogP contribution in [0.5, 0.6) is 0 Å². The smallest absolute Gasteiger partial charge is 0.475 e. The van der Waals surface area contributed by atoms with Gasteiger partial charge in [-0.3, -0.25) is 9.52 Å². The molecule has 0 heterocycles. The number of nitrogens with one attached hydrogen (secondary N) is 2. The number of hydrogen-bond acceptors (Lipinski definition) is 4. The average Bonchev–Trinajstić information content (AvgIpc) is 3.65. The molecule has 4 rings (SSSR count). The van der Waals surface area contributed by atoms with Crippen molar-refractivity contribution < 1.29 is 36.3 Å². The quantitative estimate of drug-likeness (QED) is 0.525. The molecular weight excluding hydrogens is 497 g/mol. The molecule has 0 radical (unpaired) electrons. The highest BCUT2D eigenvalue weighted by Gasteiger charge is 2.52. The number of anilines is 1. The highest BCUT2D eigenvalue weighted by molar-refractivity contribution is 7.92. The van der Waals surface area contributed by atoms with Crippen molar-refractivity contribution in [3.8, 4) is 0 Å². The summed E-state index contributed by atoms with van der Waals surface area (Å²) in [5, 5.41) is 10.6. The summed E-state index contributed by atoms with van der Waals surface area (Å²) in [7, 11) is -3.72. The van der Waals surface area contributed by atoms with Crippen molar-refractivity contribution in [2.75, 3.05) is 4.72 Å². The van der Waals surface area contributed by atoms with Gasteiger partial charge < -0.3 is 10.4 Å². The molecule has 2 aliphatic rings. The number of aryl methyl sites for hydroxylation is 1. The molecule has 0 atom stereocenters. The molecule has 7 nitrogen and oxygen atoms in total. The molecule has 1 amide bonds. The molecule has 2 aliphatic carbocycles. The van der Waals surface area contributed by atoms with E-state index in [1.54, 1.807) is 18.2 Å². The molecule has 12 heteroatoms. The first-order valence-corrected chi connectivity index (χ1v) is 12.1. The van der Waals surface area contributed by atoms with Crippen LogP contribution in [0.25, 0.3) is 0 Å². The van der Waals surface area contributed by atoms with Gasteiger partial charge in [0.1, 0.15) is 0 Å². The number of halogens is 4. The second-order valence-electron chi connectivity index (χ2n) is 8.23. The average molecular weight is 519 g/mol. The van der Waals surface area contributed by atoms with Crippen molar-refractivity contribution in [3.63, 3.8) is 0 Å². The fourth-order valence-electron chi connectivity index (χ4n) is 3.14. The van der Waals surface area contributed by atoms with E-state index in [4.69, 9.17) is 21.5 Å². The summed E-state index contributed by atoms with van der Waals surface area (Å²) in [6.07, 6.45) is -1.30. The second kappa shape index (κ2) is 9.46. The Kier molecular flexibility index (Phi) is 7.18. The van der Waals surface area contributed by atoms with Gasteiger partial charge in [0.05, 0.1) is 10.3 Å². The van der Waals surface area contributed by atoms with Crippen LogP contribution in [-0.2, 0) is 25.0 Å². The molecule has 2 aromatic rings. The highest BCUT2D eigenvalue weighted by Crippen LogP contribution is 2.49. The maximum atomic E-state index is 12.6. The first kappa shape index (κ1) is 25.8. The van der Waals surface area contributed by atoms with E-state index in [9.17, 15) is 26.4 Å². The Morgan fingerprint density at radius 1 is 1.09 bits per heavy atom. The fourth-order valence-corrected chi connectivity index (χ4v) is 4.46. The monoisotopic (exact) mass is 518 g/mol. The van der Waals surface area contributed by atoms with Gasteiger partial charge in [-0.25, -0.2) is 13.2 Å². The number of rotatable bonds is 6. The maximum Gasteiger partial charge on any atom is 0.490 e. The van der Waals surface area contributed by atoms with Gasteiger partial charge in [0, 0.05) is 16.8 Å². The lowest BCUT2D eigenvalue weighted by atomic mass is 9.95. The molecule has 0 saturated heterocycles. The summed E-state index contributed by atoms with van der Waals surface area (Å²) >= 11 is 6.04. The summed E-state index contributed by atoms with van der Waals surface area (Å²) in [5.41, 5.74) is 1.76. The molecule has 0 unspecified atom stereocenters. The van der Waals surface area contributed by atoms with Crippen molar-refractivity contribution in [1.82, 2.24) is 5.32 Å². The summed E-state index contributed by atoms with van der Waals surface area (Å²) in [6.45, 7) is 1.82. The first-order chi connectivity index (χ1) is 15.7. The topological polar surface area (TPSA) is 113 Å². The van der Waals surface area contributed by atoms with Gasteiger partial charge in [-0.1, -0.05) is 29.8 Å². The normalized spacial score (nSPS) is 16.6. The SMILES string of the molecule is Cc1ccc(S(=O)(=O)Nc2ccc(C3(C(=O)NC4CC4)CC3)cc2)cc1Cl.O=C(O)C(F)(F)F. The Morgan fingerprint density at radius 2 is 1.65 bits per heavy atom. The van der Waals surface area contributed by atoms with Crippen molar-refractivity contribution in [1.29, 1.82) is 0 Å². The standard InChI is InChI=1S/C20H21ClN2O3S.C2HF3O2/c1-13-2-9-17(12-18(13)21)27(25,26)23-16-5-3-14(4-6-16)20(10-11-20)19(24)22-15-7-8-15;3-2(4,5)1(6)7/h2-6,9,12,15,23H,7-8,10-11H2,1H3,(H,22,24);(H,6,7). The number of carbonyl (C=O) groups is 2. The molecular formula is C22H22ClF3N2O5S. The summed E-state index contributed by atoms with van der Waals surface area (Å²) in [5.74, 6) is -2.67. The van der Waals surface area contributed by atoms with Crippen molar-refractivity contribution in [2.45, 2.75) is 55.1 Å². The molecule has 34 heavy (non-hydrogen) atoms. The van der Waals surface area contributed by atoms with Gasteiger partial charge in [0.25, 0.3) is 10.0 Å². The van der Waals surface area contributed by atoms with Crippen molar-refractivity contribution in [3.05, 3.63) is 58.6 Å².